The molecule has 17 heavy (non-hydrogen) atoms. The average molecular weight is 242 g/mol. The fourth-order valence-electron chi connectivity index (χ4n) is 2.56. The van der Waals surface area contributed by atoms with Crippen molar-refractivity contribution in [2.45, 2.75) is 64.4 Å². The summed E-state index contributed by atoms with van der Waals surface area (Å²) in [6.45, 7) is 1.38. The Hall–Kier alpha value is -1.06. The molecule has 1 fully saturated rings. The van der Waals surface area contributed by atoms with Gasteiger partial charge in [0.15, 0.2) is 0 Å². The van der Waals surface area contributed by atoms with E-state index in [1.807, 2.05) is 0 Å². The average Bonchev–Trinajstić information content (AvgIpc) is 2.66. The molecule has 0 aromatic carbocycles. The first-order valence-electron chi connectivity index (χ1n) is 7.00. The Morgan fingerprint density at radius 2 is 1.88 bits per heavy atom. The van der Waals surface area contributed by atoms with E-state index in [1.165, 1.54) is 20.0 Å². The molecule has 0 unspecified atom stereocenters. The number of hydrogen-bond acceptors (Lipinski definition) is 3. The van der Waals surface area contributed by atoms with Crippen LogP contribution in [0.15, 0.2) is 0 Å². The zero-order valence-corrected chi connectivity index (χ0v) is 10.8. The van der Waals surface area contributed by atoms with E-state index in [-0.39, 0.29) is 18.8 Å². The van der Waals surface area contributed by atoms with E-state index in [9.17, 15) is 9.59 Å². The number of methoxy groups -OCH3 is 1. The number of nitrogens with zero attached hydrogens (tertiary/aromatic N) is 1. The first-order valence-corrected chi connectivity index (χ1v) is 6.30. The van der Waals surface area contributed by atoms with Crippen molar-refractivity contribution in [2.24, 2.45) is 0 Å². The van der Waals surface area contributed by atoms with Crippen LogP contribution in [0.25, 0.3) is 0 Å². The van der Waals surface area contributed by atoms with Gasteiger partial charge in [-0.15, -0.1) is 0 Å². The van der Waals surface area contributed by atoms with Gasteiger partial charge in [0.1, 0.15) is 6.04 Å². The third kappa shape index (κ3) is 3.72. The van der Waals surface area contributed by atoms with Gasteiger partial charge in [-0.2, -0.15) is 0 Å². The zero-order valence-electron chi connectivity index (χ0n) is 11.8. The summed E-state index contributed by atoms with van der Waals surface area (Å²) in [5.74, 6) is -0.680. The van der Waals surface area contributed by atoms with Gasteiger partial charge >= 0.3 is 5.97 Å². The lowest BCUT2D eigenvalue weighted by molar-refractivity contribution is -0.153. The van der Waals surface area contributed by atoms with Crippen LogP contribution >= 0.6 is 0 Å². The number of carbonyl (C=O) groups is 2. The summed E-state index contributed by atoms with van der Waals surface area (Å²) >= 11 is 0. The summed E-state index contributed by atoms with van der Waals surface area (Å²) in [6.07, 6.45) is 6.39. The lowest BCUT2D eigenvalue weighted by Crippen LogP contribution is -2.48. The van der Waals surface area contributed by atoms with Gasteiger partial charge in [0.25, 0.3) is 0 Å². The highest BCUT2D eigenvalue weighted by Gasteiger charge is 2.30. The molecule has 4 heteroatoms. The van der Waals surface area contributed by atoms with Crippen molar-refractivity contribution in [3.63, 3.8) is 0 Å². The highest BCUT2D eigenvalue weighted by Crippen LogP contribution is 2.24. The van der Waals surface area contributed by atoms with Crippen LogP contribution in [0.3, 0.4) is 0 Å². The van der Waals surface area contributed by atoms with Crippen molar-refractivity contribution in [3.8, 4) is 0 Å². The molecule has 0 N–H and O–H groups in total. The third-order valence-electron chi connectivity index (χ3n) is 3.47. The summed E-state index contributed by atoms with van der Waals surface area (Å²) in [6, 6.07) is -0.504. The Balaban J connectivity index is 2.82. The molecule has 1 saturated carbocycles. The maximum atomic E-state index is 11.9. The Labute approximate surface area is 105 Å². The second-order valence-electron chi connectivity index (χ2n) is 4.65. The molecule has 1 amide bonds. The van der Waals surface area contributed by atoms with Crippen LogP contribution in [0, 0.1) is 0 Å². The summed E-state index contributed by atoms with van der Waals surface area (Å²) in [7, 11) is 1.33. The van der Waals surface area contributed by atoms with Gasteiger partial charge in [0.2, 0.25) is 5.91 Å². The Morgan fingerprint density at radius 1 is 1.29 bits per heavy atom. The van der Waals surface area contributed by atoms with E-state index in [0.29, 0.717) is 0 Å². The maximum absolute atomic E-state index is 11.9. The first kappa shape index (κ1) is 12.4. The lowest BCUT2D eigenvalue weighted by Gasteiger charge is -2.34. The molecule has 0 aliphatic heterocycles. The van der Waals surface area contributed by atoms with Crippen molar-refractivity contribution < 1.29 is 15.7 Å². The lowest BCUT2D eigenvalue weighted by atomic mass is 10.0. The number of rotatable bonds is 3. The summed E-state index contributed by atoms with van der Waals surface area (Å²) in [5, 5.41) is 0. The van der Waals surface area contributed by atoms with Crippen molar-refractivity contribution >= 4 is 11.9 Å². The standard InChI is InChI=1S/C13H23NO3/c1-10(13(16)17-3)14(11(2)15)12-8-6-4-5-7-9-12/h10,12H,4-9H2,1-3H3/t10-/m0/s1/i2D. The SMILES string of the molecule is [2H]CC(=O)N(C1CCCCCC1)[C@@H](C)C(=O)OC. The molecule has 0 bridgehead atoms. The van der Waals surface area contributed by atoms with Gasteiger partial charge in [-0.25, -0.2) is 4.79 Å². The molecule has 0 aromatic rings. The molecule has 0 saturated heterocycles. The highest BCUT2D eigenvalue weighted by molar-refractivity contribution is 5.83. The van der Waals surface area contributed by atoms with Gasteiger partial charge in [-0.1, -0.05) is 25.7 Å². The van der Waals surface area contributed by atoms with Gasteiger partial charge in [-0.3, -0.25) is 4.79 Å². The number of carbonyl (C=O) groups excluding carboxylic acids is 2. The second-order valence-corrected chi connectivity index (χ2v) is 4.65. The largest absolute Gasteiger partial charge is 0.467 e. The molecule has 0 radical (unpaired) electrons. The fourth-order valence-corrected chi connectivity index (χ4v) is 2.56. The minimum Gasteiger partial charge on any atom is -0.467 e. The number of esters is 1. The summed E-state index contributed by atoms with van der Waals surface area (Å²) in [5.41, 5.74) is 0. The molecule has 1 aliphatic rings. The van der Waals surface area contributed by atoms with Crippen LogP contribution in [0.1, 0.15) is 53.7 Å². The van der Waals surface area contributed by atoms with Crippen molar-refractivity contribution in [2.75, 3.05) is 7.11 Å². The molecule has 0 spiro atoms. The van der Waals surface area contributed by atoms with E-state index in [0.717, 1.165) is 25.7 Å². The zero-order chi connectivity index (χ0) is 13.5. The first-order chi connectivity index (χ1) is 8.61. The molecule has 1 atom stereocenters. The summed E-state index contributed by atoms with van der Waals surface area (Å²) < 4.78 is 12.0. The summed E-state index contributed by atoms with van der Waals surface area (Å²) in [4.78, 5) is 25.1. The number of ether oxygens (including phenoxy) is 1. The molecule has 0 aromatic heterocycles. The molecule has 1 rings (SSSR count). The van der Waals surface area contributed by atoms with Gasteiger partial charge < -0.3 is 9.64 Å². The van der Waals surface area contributed by atoms with Crippen molar-refractivity contribution in [3.05, 3.63) is 0 Å². The van der Waals surface area contributed by atoms with E-state index in [1.54, 1.807) is 11.8 Å². The van der Waals surface area contributed by atoms with Crippen LogP contribution in [-0.2, 0) is 14.3 Å². The topological polar surface area (TPSA) is 46.6 Å². The van der Waals surface area contributed by atoms with E-state index >= 15 is 0 Å². The van der Waals surface area contributed by atoms with Crippen molar-refractivity contribution in [1.82, 2.24) is 4.90 Å². The molecule has 4 nitrogen and oxygen atoms in total. The minimum atomic E-state index is -0.587. The highest BCUT2D eigenvalue weighted by atomic mass is 16.5. The molecule has 0 heterocycles. The molecule has 98 valence electrons. The predicted molar refractivity (Wildman–Crippen MR) is 65.5 cm³/mol. The third-order valence-corrected chi connectivity index (χ3v) is 3.47. The molecular weight excluding hydrogens is 218 g/mol. The smallest absolute Gasteiger partial charge is 0.328 e. The van der Waals surface area contributed by atoms with Crippen molar-refractivity contribution in [1.29, 1.82) is 0 Å². The van der Waals surface area contributed by atoms with Gasteiger partial charge in [0.05, 0.1) is 7.11 Å². The second kappa shape index (κ2) is 6.62. The van der Waals surface area contributed by atoms with E-state index < -0.39 is 12.0 Å². The molecule has 1 aliphatic carbocycles. The Morgan fingerprint density at radius 3 is 2.35 bits per heavy atom. The van der Waals surface area contributed by atoms with Gasteiger partial charge in [-0.05, 0) is 19.8 Å². The number of hydrogen-bond donors (Lipinski definition) is 0. The van der Waals surface area contributed by atoms with E-state index in [2.05, 4.69) is 0 Å². The fraction of sp³-hybridized carbons (Fsp3) is 0.846. The number of amides is 1. The Kier molecular flexibility index (Phi) is 4.83. The van der Waals surface area contributed by atoms with Crippen LogP contribution in [0.2, 0.25) is 0 Å². The van der Waals surface area contributed by atoms with E-state index in [4.69, 9.17) is 6.11 Å². The monoisotopic (exact) mass is 242 g/mol. The van der Waals surface area contributed by atoms with Crippen LogP contribution in [0.5, 0.6) is 0 Å². The Bertz CT molecular complexity index is 288. The van der Waals surface area contributed by atoms with Crippen LogP contribution in [0.4, 0.5) is 0 Å². The minimum absolute atomic E-state index is 0.0828. The predicted octanol–water partition coefficient (Wildman–Crippen LogP) is 2.12. The normalized spacial score (nSPS) is 20.0. The molecular formula is C13H23NO3. The van der Waals surface area contributed by atoms with Gasteiger partial charge in [0, 0.05) is 14.3 Å². The van der Waals surface area contributed by atoms with Crippen LogP contribution in [-0.4, -0.2) is 36.0 Å². The maximum Gasteiger partial charge on any atom is 0.328 e. The quantitative estimate of drug-likeness (QED) is 0.562. The van der Waals surface area contributed by atoms with Crippen LogP contribution < -0.4 is 0 Å².